The minimum absolute atomic E-state index is 0.0435. The quantitative estimate of drug-likeness (QED) is 0.275. The Morgan fingerprint density at radius 2 is 1.92 bits per heavy atom. The number of thiazole rings is 1. The number of halogens is 1. The van der Waals surface area contributed by atoms with Crippen LogP contribution in [0.3, 0.4) is 0 Å². The summed E-state index contributed by atoms with van der Waals surface area (Å²) in [5.74, 6) is 1.24. The van der Waals surface area contributed by atoms with Gasteiger partial charge in [0.15, 0.2) is 16.3 Å². The van der Waals surface area contributed by atoms with Crippen molar-refractivity contribution in [3.8, 4) is 11.5 Å². The molecule has 6 rings (SSSR count). The van der Waals surface area contributed by atoms with Gasteiger partial charge in [0, 0.05) is 10.0 Å². The Hall–Kier alpha value is -3.68. The molecule has 1 aliphatic carbocycles. The molecule has 1 unspecified atom stereocenters. The van der Waals surface area contributed by atoms with E-state index in [4.69, 9.17) is 14.5 Å². The van der Waals surface area contributed by atoms with Crippen LogP contribution < -0.4 is 24.4 Å². The smallest absolute Gasteiger partial charge is 0.271 e. The Morgan fingerprint density at radius 3 is 2.71 bits per heavy atom. The van der Waals surface area contributed by atoms with Gasteiger partial charge >= 0.3 is 0 Å². The van der Waals surface area contributed by atoms with Crippen LogP contribution in [0.1, 0.15) is 34.7 Å². The SMILES string of the molecule is C=CCOc1ccc(C=c2sc3n(c2=O)C(c2ccc(Br)cc2)C2=C(N=3)c3ccccc3CC2)cc1OC. The number of aromatic nitrogens is 1. The molecule has 7 heteroatoms. The first-order chi connectivity index (χ1) is 18.6. The fraction of sp³-hybridized carbons (Fsp3) is 0.161. The van der Waals surface area contributed by atoms with E-state index in [2.05, 4.69) is 58.9 Å². The van der Waals surface area contributed by atoms with Gasteiger partial charge in [-0.2, -0.15) is 0 Å². The zero-order chi connectivity index (χ0) is 26.2. The highest BCUT2D eigenvalue weighted by Crippen LogP contribution is 2.41. The molecule has 190 valence electrons. The monoisotopic (exact) mass is 584 g/mol. The number of rotatable bonds is 6. The van der Waals surface area contributed by atoms with Gasteiger partial charge in [-0.05, 0) is 65.4 Å². The maximum Gasteiger partial charge on any atom is 0.271 e. The molecule has 0 fully saturated rings. The van der Waals surface area contributed by atoms with Crippen LogP contribution in [-0.2, 0) is 6.42 Å². The van der Waals surface area contributed by atoms with E-state index in [0.29, 0.717) is 27.4 Å². The summed E-state index contributed by atoms with van der Waals surface area (Å²) in [6.45, 7) is 4.08. The fourth-order valence-corrected chi connectivity index (χ4v) is 6.43. The predicted octanol–water partition coefficient (Wildman–Crippen LogP) is 5.65. The average molecular weight is 586 g/mol. The number of hydrogen-bond acceptors (Lipinski definition) is 5. The molecule has 4 aromatic rings. The zero-order valence-corrected chi connectivity index (χ0v) is 23.2. The minimum Gasteiger partial charge on any atom is -0.493 e. The van der Waals surface area contributed by atoms with Crippen molar-refractivity contribution >= 4 is 39.0 Å². The summed E-state index contributed by atoms with van der Waals surface area (Å²) < 4.78 is 14.7. The molecule has 0 saturated heterocycles. The fourth-order valence-electron chi connectivity index (χ4n) is 5.16. The van der Waals surface area contributed by atoms with Crippen molar-refractivity contribution in [2.45, 2.75) is 18.9 Å². The number of ether oxygens (including phenoxy) is 2. The lowest BCUT2D eigenvalue weighted by molar-refractivity contribution is 0.326. The normalized spacial score (nSPS) is 16.3. The van der Waals surface area contributed by atoms with Crippen LogP contribution in [0.4, 0.5) is 0 Å². The van der Waals surface area contributed by atoms with Crippen LogP contribution in [0.5, 0.6) is 11.5 Å². The summed E-state index contributed by atoms with van der Waals surface area (Å²) in [5.41, 5.74) is 6.54. The Morgan fingerprint density at radius 1 is 1.11 bits per heavy atom. The summed E-state index contributed by atoms with van der Waals surface area (Å²) in [7, 11) is 1.61. The summed E-state index contributed by atoms with van der Waals surface area (Å²) in [6.07, 6.45) is 5.39. The molecule has 2 aliphatic rings. The number of allylic oxidation sites excluding steroid dienone is 1. The predicted molar refractivity (Wildman–Crippen MR) is 156 cm³/mol. The third kappa shape index (κ3) is 4.36. The van der Waals surface area contributed by atoms with Crippen molar-refractivity contribution in [3.63, 3.8) is 0 Å². The van der Waals surface area contributed by atoms with Crippen LogP contribution in [0, 0.1) is 0 Å². The molecule has 3 aromatic carbocycles. The van der Waals surface area contributed by atoms with Crippen LogP contribution in [0.2, 0.25) is 0 Å². The molecule has 1 aromatic heterocycles. The van der Waals surface area contributed by atoms with Crippen LogP contribution in [-0.4, -0.2) is 18.3 Å². The number of hydrogen-bond donors (Lipinski definition) is 0. The molecule has 0 bridgehead atoms. The van der Waals surface area contributed by atoms with E-state index in [1.807, 2.05) is 41.0 Å². The van der Waals surface area contributed by atoms with Crippen molar-refractivity contribution in [3.05, 3.63) is 131 Å². The minimum atomic E-state index is -0.200. The van der Waals surface area contributed by atoms with Crippen molar-refractivity contribution < 1.29 is 9.47 Å². The molecular formula is C31H25BrN2O3S. The lowest BCUT2D eigenvalue weighted by atomic mass is 9.83. The molecular weight excluding hydrogens is 560 g/mol. The summed E-state index contributed by atoms with van der Waals surface area (Å²) in [5, 5.41) is 0. The zero-order valence-electron chi connectivity index (χ0n) is 20.8. The largest absolute Gasteiger partial charge is 0.493 e. The van der Waals surface area contributed by atoms with Gasteiger partial charge in [0.2, 0.25) is 0 Å². The molecule has 0 saturated carbocycles. The van der Waals surface area contributed by atoms with Crippen molar-refractivity contribution in [2.75, 3.05) is 13.7 Å². The molecule has 0 spiro atoms. The van der Waals surface area contributed by atoms with E-state index in [-0.39, 0.29) is 11.6 Å². The number of nitrogens with zero attached hydrogens (tertiary/aromatic N) is 2. The standard InChI is InChI=1S/C31H25BrN2O3S/c1-3-16-37-25-15-8-19(17-26(25)36-2)18-27-30(35)34-29(21-9-12-22(32)13-10-21)24-14-11-20-6-4-5-7-23(20)28(24)33-31(34)38-27/h3-10,12-13,15,17-18,29H,1,11,14,16H2,2H3. The van der Waals surface area contributed by atoms with Crippen molar-refractivity contribution in [1.82, 2.24) is 4.57 Å². The van der Waals surface area contributed by atoms with Gasteiger partial charge in [0.25, 0.3) is 5.56 Å². The number of methoxy groups -OCH3 is 1. The first kappa shape index (κ1) is 24.6. The Balaban J connectivity index is 1.53. The summed E-state index contributed by atoms with van der Waals surface area (Å²) in [6, 6.07) is 22.2. The van der Waals surface area contributed by atoms with E-state index in [1.165, 1.54) is 22.5 Å². The Bertz CT molecular complexity index is 1770. The maximum atomic E-state index is 13.9. The van der Waals surface area contributed by atoms with Crippen LogP contribution in [0.25, 0.3) is 11.8 Å². The molecule has 2 heterocycles. The van der Waals surface area contributed by atoms with Crippen LogP contribution >= 0.6 is 27.3 Å². The van der Waals surface area contributed by atoms with Gasteiger partial charge in [0.1, 0.15) is 6.61 Å². The molecule has 1 aliphatic heterocycles. The molecule has 0 radical (unpaired) electrons. The molecule has 38 heavy (non-hydrogen) atoms. The topological polar surface area (TPSA) is 52.8 Å². The summed E-state index contributed by atoms with van der Waals surface area (Å²) >= 11 is 4.97. The van der Waals surface area contributed by atoms with Gasteiger partial charge in [-0.15, -0.1) is 0 Å². The van der Waals surface area contributed by atoms with Gasteiger partial charge in [-0.1, -0.05) is 82.4 Å². The molecule has 5 nitrogen and oxygen atoms in total. The van der Waals surface area contributed by atoms with E-state index in [9.17, 15) is 4.79 Å². The van der Waals surface area contributed by atoms with Gasteiger partial charge in [-0.25, -0.2) is 4.99 Å². The molecule has 0 amide bonds. The third-order valence-electron chi connectivity index (χ3n) is 6.90. The van der Waals surface area contributed by atoms with E-state index < -0.39 is 0 Å². The van der Waals surface area contributed by atoms with Gasteiger partial charge < -0.3 is 9.47 Å². The van der Waals surface area contributed by atoms with Gasteiger partial charge in [-0.3, -0.25) is 9.36 Å². The lowest BCUT2D eigenvalue weighted by Crippen LogP contribution is -2.38. The second-order valence-electron chi connectivity index (χ2n) is 9.18. The lowest BCUT2D eigenvalue weighted by Gasteiger charge is -2.30. The average Bonchev–Trinajstić information content (AvgIpc) is 3.25. The van der Waals surface area contributed by atoms with Crippen molar-refractivity contribution in [1.29, 1.82) is 0 Å². The third-order valence-corrected chi connectivity index (χ3v) is 8.41. The number of fused-ring (bicyclic) bond motifs is 3. The van der Waals surface area contributed by atoms with Crippen LogP contribution in [0.15, 0.2) is 99.2 Å². The highest BCUT2D eigenvalue weighted by atomic mass is 79.9. The first-order valence-electron chi connectivity index (χ1n) is 12.4. The Labute approximate surface area is 232 Å². The highest BCUT2D eigenvalue weighted by molar-refractivity contribution is 9.10. The van der Waals surface area contributed by atoms with E-state index in [1.54, 1.807) is 13.2 Å². The summed E-state index contributed by atoms with van der Waals surface area (Å²) in [4.78, 5) is 19.7. The highest BCUT2D eigenvalue weighted by Gasteiger charge is 2.32. The molecule has 1 atom stereocenters. The second kappa shape index (κ2) is 10.2. The van der Waals surface area contributed by atoms with E-state index >= 15 is 0 Å². The Kier molecular flexibility index (Phi) is 6.64. The maximum absolute atomic E-state index is 13.9. The van der Waals surface area contributed by atoms with Gasteiger partial charge in [0.05, 0.1) is 23.4 Å². The number of aryl methyl sites for hydroxylation is 1. The van der Waals surface area contributed by atoms with Crippen molar-refractivity contribution in [2.24, 2.45) is 4.99 Å². The van der Waals surface area contributed by atoms with E-state index in [0.717, 1.165) is 39.7 Å². The first-order valence-corrected chi connectivity index (χ1v) is 14.0. The second-order valence-corrected chi connectivity index (χ2v) is 11.1. The number of benzene rings is 3. The molecule has 0 N–H and O–H groups in total.